The quantitative estimate of drug-likeness (QED) is 0.388. The van der Waals surface area contributed by atoms with Crippen molar-refractivity contribution in [2.75, 3.05) is 31.2 Å². The van der Waals surface area contributed by atoms with Crippen molar-refractivity contribution in [3.8, 4) is 22.6 Å². The number of nitrogens with one attached hydrogen (secondary N) is 1. The fourth-order valence-electron chi connectivity index (χ4n) is 3.94. The molecule has 156 valence electrons. The van der Waals surface area contributed by atoms with Gasteiger partial charge in [0.15, 0.2) is 5.75 Å². The van der Waals surface area contributed by atoms with Crippen LogP contribution in [0.1, 0.15) is 15.9 Å². The summed E-state index contributed by atoms with van der Waals surface area (Å²) in [5, 5.41) is 9.25. The number of rotatable bonds is 3. The number of hydrogen-bond acceptors (Lipinski definition) is 6. The minimum atomic E-state index is -0.573. The average Bonchev–Trinajstić information content (AvgIpc) is 3.02. The summed E-state index contributed by atoms with van der Waals surface area (Å²) in [6, 6.07) is 18.8. The highest BCUT2D eigenvalue weighted by Crippen LogP contribution is 2.42. The summed E-state index contributed by atoms with van der Waals surface area (Å²) < 4.78 is 11.8. The second kappa shape index (κ2) is 8.22. The predicted molar refractivity (Wildman–Crippen MR) is 118 cm³/mol. The Balaban J connectivity index is 1.72. The lowest BCUT2D eigenvalue weighted by Gasteiger charge is -2.30. The molecule has 0 aliphatic carbocycles. The van der Waals surface area contributed by atoms with E-state index >= 15 is 0 Å². The van der Waals surface area contributed by atoms with Gasteiger partial charge in [-0.05, 0) is 35.4 Å². The van der Waals surface area contributed by atoms with Crippen LogP contribution in [0.15, 0.2) is 65.7 Å². The van der Waals surface area contributed by atoms with Gasteiger partial charge in [-0.3, -0.25) is 15.0 Å². The van der Waals surface area contributed by atoms with Crippen molar-refractivity contribution >= 4 is 23.5 Å². The number of ether oxygens (including phenoxy) is 2. The number of para-hydroxylation sites is 2. The van der Waals surface area contributed by atoms with Gasteiger partial charge in [-0.1, -0.05) is 30.3 Å². The molecule has 3 aromatic rings. The van der Waals surface area contributed by atoms with Crippen LogP contribution in [-0.2, 0) is 4.74 Å². The highest BCUT2D eigenvalue weighted by Gasteiger charge is 2.23. The molecule has 0 bridgehead atoms. The minimum absolute atomic E-state index is 0.362. The second-order valence-corrected chi connectivity index (χ2v) is 7.32. The molecule has 0 radical (unpaired) electrons. The van der Waals surface area contributed by atoms with Gasteiger partial charge in [0.05, 0.1) is 13.2 Å². The van der Waals surface area contributed by atoms with Gasteiger partial charge in [-0.25, -0.2) is 5.48 Å². The highest BCUT2D eigenvalue weighted by molar-refractivity contribution is 6.05. The van der Waals surface area contributed by atoms with Crippen LogP contribution in [-0.4, -0.2) is 43.6 Å². The molecule has 3 aromatic carbocycles. The Labute approximate surface area is 179 Å². The van der Waals surface area contributed by atoms with Crippen LogP contribution < -0.4 is 15.1 Å². The first-order valence-corrected chi connectivity index (χ1v) is 10.1. The van der Waals surface area contributed by atoms with E-state index in [0.29, 0.717) is 35.8 Å². The molecule has 2 N–H and O–H groups in total. The average molecular weight is 415 g/mol. The number of nitrogens with zero attached hydrogens (tertiary/aromatic N) is 2. The van der Waals surface area contributed by atoms with Gasteiger partial charge in [-0.15, -0.1) is 0 Å². The standard InChI is InChI=1S/C24H21N3O4/c28-24(26-29)18-6-2-1-5-17(18)19-13-16(27-9-11-30-12-10-27)14-23-20(19)15-25-21-7-3-4-8-22(21)31-23/h1-8,13-15,29H,9-12H2,(H,26,28). The number of carbonyl (C=O) groups is 1. The Morgan fingerprint density at radius 2 is 1.74 bits per heavy atom. The van der Waals surface area contributed by atoms with Gasteiger partial charge in [-0.2, -0.15) is 0 Å². The van der Waals surface area contributed by atoms with Crippen molar-refractivity contribution in [2.45, 2.75) is 0 Å². The molecule has 0 unspecified atom stereocenters. The summed E-state index contributed by atoms with van der Waals surface area (Å²) >= 11 is 0. The topological polar surface area (TPSA) is 83.4 Å². The number of hydroxylamine groups is 1. The van der Waals surface area contributed by atoms with Crippen molar-refractivity contribution < 1.29 is 19.5 Å². The monoisotopic (exact) mass is 415 g/mol. The van der Waals surface area contributed by atoms with Crippen LogP contribution >= 0.6 is 0 Å². The molecule has 0 saturated carbocycles. The molecule has 0 atom stereocenters. The molecule has 2 aliphatic heterocycles. The zero-order valence-electron chi connectivity index (χ0n) is 16.7. The van der Waals surface area contributed by atoms with Crippen LogP contribution in [0, 0.1) is 0 Å². The summed E-state index contributed by atoms with van der Waals surface area (Å²) in [4.78, 5) is 19.2. The van der Waals surface area contributed by atoms with Gasteiger partial charge < -0.3 is 14.4 Å². The number of aliphatic imine (C=N–C) groups is 1. The third kappa shape index (κ3) is 3.65. The lowest BCUT2D eigenvalue weighted by atomic mass is 9.94. The van der Waals surface area contributed by atoms with Crippen LogP contribution in [0.25, 0.3) is 11.1 Å². The Bertz CT molecular complexity index is 1170. The van der Waals surface area contributed by atoms with E-state index in [9.17, 15) is 10.0 Å². The molecule has 5 rings (SSSR count). The van der Waals surface area contributed by atoms with E-state index in [1.54, 1.807) is 23.8 Å². The molecule has 0 aromatic heterocycles. The Kier molecular flexibility index (Phi) is 5.11. The number of fused-ring (bicyclic) bond motifs is 2. The summed E-state index contributed by atoms with van der Waals surface area (Å²) in [6.45, 7) is 2.84. The minimum Gasteiger partial charge on any atom is -0.454 e. The molecule has 1 amide bonds. The van der Waals surface area contributed by atoms with E-state index in [-0.39, 0.29) is 0 Å². The van der Waals surface area contributed by atoms with E-state index in [1.807, 2.05) is 48.5 Å². The van der Waals surface area contributed by atoms with E-state index in [0.717, 1.165) is 35.6 Å². The van der Waals surface area contributed by atoms with E-state index in [1.165, 1.54) is 0 Å². The zero-order chi connectivity index (χ0) is 21.2. The van der Waals surface area contributed by atoms with Crippen molar-refractivity contribution in [1.82, 2.24) is 5.48 Å². The number of anilines is 1. The smallest absolute Gasteiger partial charge is 0.275 e. The van der Waals surface area contributed by atoms with E-state index in [2.05, 4.69) is 9.89 Å². The number of hydrogen-bond donors (Lipinski definition) is 2. The summed E-state index contributed by atoms with van der Waals surface area (Å²) in [5.74, 6) is 0.756. The van der Waals surface area contributed by atoms with Gasteiger partial charge in [0, 0.05) is 42.2 Å². The molecule has 31 heavy (non-hydrogen) atoms. The first kappa shape index (κ1) is 19.3. The predicted octanol–water partition coefficient (Wildman–Crippen LogP) is 4.17. The highest BCUT2D eigenvalue weighted by atomic mass is 16.5. The maximum Gasteiger partial charge on any atom is 0.275 e. The first-order valence-electron chi connectivity index (χ1n) is 10.1. The normalized spacial score (nSPS) is 14.8. The van der Waals surface area contributed by atoms with Gasteiger partial charge in [0.25, 0.3) is 5.91 Å². The van der Waals surface area contributed by atoms with Gasteiger partial charge >= 0.3 is 0 Å². The van der Waals surface area contributed by atoms with Crippen LogP contribution in [0.5, 0.6) is 11.5 Å². The van der Waals surface area contributed by atoms with Crippen LogP contribution in [0.3, 0.4) is 0 Å². The summed E-state index contributed by atoms with van der Waals surface area (Å²) in [7, 11) is 0. The second-order valence-electron chi connectivity index (χ2n) is 7.32. The molecule has 2 aliphatic rings. The number of morpholine rings is 1. The maximum atomic E-state index is 12.4. The summed E-state index contributed by atoms with van der Waals surface area (Å²) in [5.41, 5.74) is 6.07. The molecular weight excluding hydrogens is 394 g/mol. The number of benzene rings is 3. The summed E-state index contributed by atoms with van der Waals surface area (Å²) in [6.07, 6.45) is 1.77. The molecular formula is C24H21N3O4. The fourth-order valence-corrected chi connectivity index (χ4v) is 3.94. The number of amides is 1. The van der Waals surface area contributed by atoms with Crippen molar-refractivity contribution in [3.63, 3.8) is 0 Å². The van der Waals surface area contributed by atoms with Gasteiger partial charge in [0.2, 0.25) is 0 Å². The van der Waals surface area contributed by atoms with Gasteiger partial charge in [0.1, 0.15) is 11.4 Å². The Morgan fingerprint density at radius 1 is 0.968 bits per heavy atom. The molecule has 7 heteroatoms. The van der Waals surface area contributed by atoms with E-state index in [4.69, 9.17) is 9.47 Å². The Hall–Kier alpha value is -3.68. The number of carbonyl (C=O) groups excluding carboxylic acids is 1. The van der Waals surface area contributed by atoms with Crippen molar-refractivity contribution in [2.24, 2.45) is 4.99 Å². The van der Waals surface area contributed by atoms with Crippen LogP contribution in [0.2, 0.25) is 0 Å². The molecule has 7 nitrogen and oxygen atoms in total. The molecule has 2 heterocycles. The maximum absolute atomic E-state index is 12.4. The SMILES string of the molecule is O=C(NO)c1ccccc1-c1cc(N2CCOCC2)cc2c1C=Nc1ccccc1O2. The molecule has 1 fully saturated rings. The molecule has 0 spiro atoms. The van der Waals surface area contributed by atoms with Crippen molar-refractivity contribution in [1.29, 1.82) is 0 Å². The lowest BCUT2D eigenvalue weighted by molar-refractivity contribution is 0.0707. The van der Waals surface area contributed by atoms with Crippen molar-refractivity contribution in [3.05, 3.63) is 71.8 Å². The largest absolute Gasteiger partial charge is 0.454 e. The van der Waals surface area contributed by atoms with Crippen LogP contribution in [0.4, 0.5) is 11.4 Å². The fraction of sp³-hybridized carbons (Fsp3) is 0.167. The Morgan fingerprint density at radius 3 is 2.58 bits per heavy atom. The third-order valence-corrected chi connectivity index (χ3v) is 5.48. The zero-order valence-corrected chi connectivity index (χ0v) is 16.7. The third-order valence-electron chi connectivity index (χ3n) is 5.48. The molecule has 1 saturated heterocycles. The first-order chi connectivity index (χ1) is 15.2. The van der Waals surface area contributed by atoms with E-state index < -0.39 is 5.91 Å². The lowest BCUT2D eigenvalue weighted by Crippen LogP contribution is -2.36.